The smallest absolute Gasteiger partial charge is 0.328 e. The molecule has 1 fully saturated rings. The number of aromatic amines is 1. The predicted octanol–water partition coefficient (Wildman–Crippen LogP) is 1.52. The second-order valence-electron chi connectivity index (χ2n) is 4.57. The minimum Gasteiger partial charge on any atom is -0.328 e. The van der Waals surface area contributed by atoms with Crippen LogP contribution in [0.2, 0.25) is 0 Å². The minimum atomic E-state index is -0.0692. The van der Waals surface area contributed by atoms with Gasteiger partial charge in [-0.3, -0.25) is 4.57 Å². The fourth-order valence-corrected chi connectivity index (χ4v) is 2.73. The molecule has 2 rings (SSSR count). The Morgan fingerprint density at radius 3 is 3.06 bits per heavy atom. The van der Waals surface area contributed by atoms with E-state index in [0.717, 1.165) is 43.0 Å². The summed E-state index contributed by atoms with van der Waals surface area (Å²) in [6, 6.07) is 0.696. The van der Waals surface area contributed by atoms with Crippen LogP contribution < -0.4 is 11.4 Å². The molecule has 1 aromatic heterocycles. The third-order valence-electron chi connectivity index (χ3n) is 3.06. The SMILES string of the molecule is CCC(N)CCCSc1n[nH]c(=O)n1C1CC1. The van der Waals surface area contributed by atoms with Gasteiger partial charge in [-0.2, -0.15) is 0 Å². The lowest BCUT2D eigenvalue weighted by Crippen LogP contribution is -2.18. The van der Waals surface area contributed by atoms with Crippen molar-refractivity contribution < 1.29 is 0 Å². The van der Waals surface area contributed by atoms with Crippen molar-refractivity contribution in [3.05, 3.63) is 10.5 Å². The van der Waals surface area contributed by atoms with Crippen molar-refractivity contribution in [2.24, 2.45) is 5.73 Å². The Labute approximate surface area is 105 Å². The molecular weight excluding hydrogens is 236 g/mol. The topological polar surface area (TPSA) is 76.7 Å². The highest BCUT2D eigenvalue weighted by atomic mass is 32.2. The Bertz CT molecular complexity index is 410. The van der Waals surface area contributed by atoms with Crippen LogP contribution in [0.3, 0.4) is 0 Å². The summed E-state index contributed by atoms with van der Waals surface area (Å²) in [5, 5.41) is 7.44. The van der Waals surface area contributed by atoms with Gasteiger partial charge in [-0.15, -0.1) is 5.10 Å². The average Bonchev–Trinajstić information content (AvgIpc) is 3.09. The van der Waals surface area contributed by atoms with Crippen molar-refractivity contribution in [3.63, 3.8) is 0 Å². The van der Waals surface area contributed by atoms with Crippen LogP contribution in [-0.2, 0) is 0 Å². The molecular formula is C11H20N4OS. The molecule has 0 aliphatic heterocycles. The highest BCUT2D eigenvalue weighted by molar-refractivity contribution is 7.99. The maximum absolute atomic E-state index is 11.5. The maximum atomic E-state index is 11.5. The van der Waals surface area contributed by atoms with Gasteiger partial charge >= 0.3 is 5.69 Å². The first-order valence-corrected chi connectivity index (χ1v) is 7.26. The second-order valence-corrected chi connectivity index (χ2v) is 5.63. The zero-order chi connectivity index (χ0) is 12.3. The molecule has 6 heteroatoms. The summed E-state index contributed by atoms with van der Waals surface area (Å²) in [5.74, 6) is 0.977. The zero-order valence-corrected chi connectivity index (χ0v) is 11.0. The summed E-state index contributed by atoms with van der Waals surface area (Å²) in [7, 11) is 0. The Balaban J connectivity index is 1.81. The number of nitrogens with zero attached hydrogens (tertiary/aromatic N) is 2. The van der Waals surface area contributed by atoms with E-state index in [1.54, 1.807) is 16.3 Å². The van der Waals surface area contributed by atoms with E-state index in [-0.39, 0.29) is 5.69 Å². The van der Waals surface area contributed by atoms with E-state index in [0.29, 0.717) is 12.1 Å². The first-order chi connectivity index (χ1) is 8.22. The van der Waals surface area contributed by atoms with Crippen LogP contribution in [0, 0.1) is 0 Å². The Morgan fingerprint density at radius 1 is 1.65 bits per heavy atom. The number of aromatic nitrogens is 3. The molecule has 0 amide bonds. The molecule has 0 saturated heterocycles. The molecule has 5 nitrogen and oxygen atoms in total. The number of nitrogens with one attached hydrogen (secondary N) is 1. The van der Waals surface area contributed by atoms with E-state index in [1.165, 1.54) is 0 Å². The van der Waals surface area contributed by atoms with E-state index in [1.807, 2.05) is 0 Å². The highest BCUT2D eigenvalue weighted by Crippen LogP contribution is 2.36. The molecule has 1 aliphatic rings. The van der Waals surface area contributed by atoms with Crippen LogP contribution in [0.4, 0.5) is 0 Å². The monoisotopic (exact) mass is 256 g/mol. The molecule has 0 bridgehead atoms. The Hall–Kier alpha value is -0.750. The average molecular weight is 256 g/mol. The number of H-pyrrole nitrogens is 1. The van der Waals surface area contributed by atoms with Crippen molar-refractivity contribution in [2.75, 3.05) is 5.75 Å². The first-order valence-electron chi connectivity index (χ1n) is 6.27. The van der Waals surface area contributed by atoms with Crippen LogP contribution in [0.15, 0.2) is 9.95 Å². The summed E-state index contributed by atoms with van der Waals surface area (Å²) in [5.41, 5.74) is 5.79. The van der Waals surface area contributed by atoms with Crippen molar-refractivity contribution in [1.29, 1.82) is 0 Å². The molecule has 1 aliphatic carbocycles. The second kappa shape index (κ2) is 5.73. The van der Waals surface area contributed by atoms with Crippen LogP contribution >= 0.6 is 11.8 Å². The zero-order valence-electron chi connectivity index (χ0n) is 10.2. The third-order valence-corrected chi connectivity index (χ3v) is 4.10. The fourth-order valence-electron chi connectivity index (χ4n) is 1.76. The quantitative estimate of drug-likeness (QED) is 0.573. The Kier molecular flexibility index (Phi) is 4.28. The molecule has 1 heterocycles. The van der Waals surface area contributed by atoms with Crippen molar-refractivity contribution >= 4 is 11.8 Å². The van der Waals surface area contributed by atoms with Crippen LogP contribution in [-0.4, -0.2) is 26.6 Å². The number of hydrogen-bond acceptors (Lipinski definition) is 4. The molecule has 1 saturated carbocycles. The summed E-state index contributed by atoms with van der Waals surface area (Å²) in [4.78, 5) is 11.5. The van der Waals surface area contributed by atoms with Gasteiger partial charge in [-0.25, -0.2) is 9.89 Å². The molecule has 96 valence electrons. The molecule has 0 spiro atoms. The van der Waals surface area contributed by atoms with E-state index in [9.17, 15) is 4.79 Å². The standard InChI is InChI=1S/C11H20N4OS/c1-2-8(12)4-3-7-17-11-14-13-10(16)15(11)9-5-6-9/h8-9H,2-7,12H2,1H3,(H,13,16). The van der Waals surface area contributed by atoms with Gasteiger partial charge in [0.25, 0.3) is 0 Å². The number of rotatable bonds is 7. The lowest BCUT2D eigenvalue weighted by molar-refractivity contribution is 0.588. The van der Waals surface area contributed by atoms with E-state index in [4.69, 9.17) is 5.73 Å². The van der Waals surface area contributed by atoms with Gasteiger partial charge in [0.2, 0.25) is 0 Å². The normalized spacial score (nSPS) is 17.3. The van der Waals surface area contributed by atoms with Gasteiger partial charge in [0, 0.05) is 17.8 Å². The summed E-state index contributed by atoms with van der Waals surface area (Å²) >= 11 is 1.65. The van der Waals surface area contributed by atoms with Gasteiger partial charge in [0.05, 0.1) is 0 Å². The van der Waals surface area contributed by atoms with Crippen LogP contribution in [0.5, 0.6) is 0 Å². The van der Waals surface area contributed by atoms with E-state index in [2.05, 4.69) is 17.1 Å². The minimum absolute atomic E-state index is 0.0692. The summed E-state index contributed by atoms with van der Waals surface area (Å²) in [6.07, 6.45) is 5.36. The van der Waals surface area contributed by atoms with Gasteiger partial charge in [-0.05, 0) is 32.1 Å². The van der Waals surface area contributed by atoms with Crippen molar-refractivity contribution in [3.8, 4) is 0 Å². The summed E-state index contributed by atoms with van der Waals surface area (Å²) < 4.78 is 1.80. The van der Waals surface area contributed by atoms with E-state index < -0.39 is 0 Å². The largest absolute Gasteiger partial charge is 0.344 e. The molecule has 0 radical (unpaired) electrons. The third kappa shape index (κ3) is 3.35. The summed E-state index contributed by atoms with van der Waals surface area (Å²) in [6.45, 7) is 2.11. The molecule has 3 N–H and O–H groups in total. The molecule has 17 heavy (non-hydrogen) atoms. The van der Waals surface area contributed by atoms with Gasteiger partial charge in [0.1, 0.15) is 0 Å². The van der Waals surface area contributed by atoms with E-state index >= 15 is 0 Å². The van der Waals surface area contributed by atoms with Crippen molar-refractivity contribution in [2.45, 2.75) is 56.3 Å². The highest BCUT2D eigenvalue weighted by Gasteiger charge is 2.28. The fraction of sp³-hybridized carbons (Fsp3) is 0.818. The first kappa shape index (κ1) is 12.7. The van der Waals surface area contributed by atoms with Crippen LogP contribution in [0.1, 0.15) is 45.1 Å². The molecule has 1 atom stereocenters. The Morgan fingerprint density at radius 2 is 2.41 bits per heavy atom. The predicted molar refractivity (Wildman–Crippen MR) is 69.3 cm³/mol. The van der Waals surface area contributed by atoms with Crippen molar-refractivity contribution in [1.82, 2.24) is 14.8 Å². The number of hydrogen-bond donors (Lipinski definition) is 2. The molecule has 1 unspecified atom stereocenters. The van der Waals surface area contributed by atoms with Gasteiger partial charge in [0.15, 0.2) is 5.16 Å². The maximum Gasteiger partial charge on any atom is 0.344 e. The number of nitrogens with two attached hydrogens (primary N) is 1. The van der Waals surface area contributed by atoms with Crippen LogP contribution in [0.25, 0.3) is 0 Å². The molecule has 0 aromatic carbocycles. The van der Waals surface area contributed by atoms with Gasteiger partial charge < -0.3 is 5.73 Å². The van der Waals surface area contributed by atoms with Gasteiger partial charge in [-0.1, -0.05) is 18.7 Å². The lowest BCUT2D eigenvalue weighted by atomic mass is 10.1. The number of thioether (sulfide) groups is 1. The lowest BCUT2D eigenvalue weighted by Gasteiger charge is -2.07. The molecule has 1 aromatic rings.